The Bertz CT molecular complexity index is 1180. The number of ether oxygens (including phenoxy) is 2. The molecule has 0 spiro atoms. The molecule has 7 heteroatoms. The van der Waals surface area contributed by atoms with Gasteiger partial charge >= 0.3 is 0 Å². The van der Waals surface area contributed by atoms with Crippen molar-refractivity contribution in [1.29, 1.82) is 0 Å². The Labute approximate surface area is 219 Å². The largest absolute Gasteiger partial charge is 0.507 e. The second-order valence-corrected chi connectivity index (χ2v) is 9.50. The number of hydrogen-bond acceptors (Lipinski definition) is 6. The standard InChI is InChI=1S/C30H36N2O5/c1-5-17-36-24-12-9-21(10-13-24)27-26(28(33)22-11-14-25-23(19-22)18-20(4)37-25)29(34)30(35)32(27)16-8-15-31(6-2)7-3/h5,9-14,19-20,27,33H,1,6-8,15-18H2,2-4H3/b28-26+/t20-,27+/m1/s1. The van der Waals surface area contributed by atoms with Crippen LogP contribution in [0, 0.1) is 0 Å². The molecule has 0 unspecified atom stereocenters. The molecule has 1 saturated heterocycles. The first-order valence-electron chi connectivity index (χ1n) is 13.0. The van der Waals surface area contributed by atoms with E-state index in [1.54, 1.807) is 17.0 Å². The van der Waals surface area contributed by atoms with Gasteiger partial charge in [0.1, 0.15) is 30.0 Å². The number of aliphatic hydroxyl groups is 1. The van der Waals surface area contributed by atoms with E-state index in [4.69, 9.17) is 9.47 Å². The van der Waals surface area contributed by atoms with Crippen molar-refractivity contribution in [2.45, 2.75) is 45.8 Å². The molecule has 2 heterocycles. The fourth-order valence-corrected chi connectivity index (χ4v) is 5.09. The van der Waals surface area contributed by atoms with Gasteiger partial charge in [0.2, 0.25) is 0 Å². The number of likely N-dealkylation sites (tertiary alicyclic amines) is 1. The van der Waals surface area contributed by atoms with Gasteiger partial charge in [-0.25, -0.2) is 0 Å². The van der Waals surface area contributed by atoms with E-state index in [2.05, 4.69) is 25.3 Å². The number of aliphatic hydroxyl groups excluding tert-OH is 1. The summed E-state index contributed by atoms with van der Waals surface area (Å²) in [6.45, 7) is 13.3. The normalized spacial score (nSPS) is 20.3. The van der Waals surface area contributed by atoms with Gasteiger partial charge in [-0.05, 0) is 74.4 Å². The number of rotatable bonds is 11. The van der Waals surface area contributed by atoms with Crippen molar-refractivity contribution >= 4 is 17.4 Å². The molecular weight excluding hydrogens is 468 g/mol. The van der Waals surface area contributed by atoms with Crippen LogP contribution in [0.4, 0.5) is 0 Å². The Morgan fingerprint density at radius 2 is 1.92 bits per heavy atom. The quantitative estimate of drug-likeness (QED) is 0.206. The average Bonchev–Trinajstić information content (AvgIpc) is 3.40. The smallest absolute Gasteiger partial charge is 0.295 e. The van der Waals surface area contributed by atoms with Gasteiger partial charge in [-0.2, -0.15) is 0 Å². The molecule has 2 atom stereocenters. The van der Waals surface area contributed by atoms with Crippen molar-refractivity contribution in [2.75, 3.05) is 32.8 Å². The molecule has 196 valence electrons. The lowest BCUT2D eigenvalue weighted by atomic mass is 9.94. The highest BCUT2D eigenvalue weighted by atomic mass is 16.5. The summed E-state index contributed by atoms with van der Waals surface area (Å²) >= 11 is 0. The van der Waals surface area contributed by atoms with Gasteiger partial charge in [-0.1, -0.05) is 38.6 Å². The maximum atomic E-state index is 13.3. The summed E-state index contributed by atoms with van der Waals surface area (Å²) in [6, 6.07) is 12.0. The molecule has 1 amide bonds. The monoisotopic (exact) mass is 504 g/mol. The molecule has 2 aromatic carbocycles. The predicted molar refractivity (Wildman–Crippen MR) is 144 cm³/mol. The maximum absolute atomic E-state index is 13.3. The molecule has 37 heavy (non-hydrogen) atoms. The van der Waals surface area contributed by atoms with Crippen LogP contribution in [-0.2, 0) is 16.0 Å². The number of hydrogen-bond donors (Lipinski definition) is 1. The van der Waals surface area contributed by atoms with Crippen LogP contribution < -0.4 is 9.47 Å². The molecule has 0 bridgehead atoms. The maximum Gasteiger partial charge on any atom is 0.295 e. The summed E-state index contributed by atoms with van der Waals surface area (Å²) < 4.78 is 11.4. The second-order valence-electron chi connectivity index (χ2n) is 9.50. The van der Waals surface area contributed by atoms with E-state index < -0.39 is 17.7 Å². The van der Waals surface area contributed by atoms with E-state index in [0.717, 1.165) is 49.4 Å². The van der Waals surface area contributed by atoms with Gasteiger partial charge in [0.25, 0.3) is 11.7 Å². The SMILES string of the molecule is C=CCOc1ccc([C@H]2/C(=C(\O)c3ccc4c(c3)C[C@@H](C)O4)C(=O)C(=O)N2CCCN(CC)CC)cc1. The van der Waals surface area contributed by atoms with E-state index in [1.807, 2.05) is 43.3 Å². The number of carbonyl (C=O) groups excluding carboxylic acids is 2. The lowest BCUT2D eigenvalue weighted by Gasteiger charge is -2.27. The van der Waals surface area contributed by atoms with Crippen LogP contribution in [0.15, 0.2) is 60.7 Å². The molecule has 0 aliphatic carbocycles. The van der Waals surface area contributed by atoms with Crippen LogP contribution >= 0.6 is 0 Å². The molecule has 2 aliphatic heterocycles. The molecule has 2 aromatic rings. The first kappa shape index (κ1) is 26.5. The lowest BCUT2D eigenvalue weighted by molar-refractivity contribution is -0.140. The Morgan fingerprint density at radius 3 is 2.59 bits per heavy atom. The summed E-state index contributed by atoms with van der Waals surface area (Å²) in [5, 5.41) is 11.4. The summed E-state index contributed by atoms with van der Waals surface area (Å²) in [5.41, 5.74) is 2.34. The summed E-state index contributed by atoms with van der Waals surface area (Å²) in [5.74, 6) is 0.0324. The Kier molecular flexibility index (Phi) is 8.34. The van der Waals surface area contributed by atoms with Gasteiger partial charge in [-0.3, -0.25) is 9.59 Å². The number of Topliss-reactive ketones (excluding diaryl/α,β-unsaturated/α-hetero) is 1. The van der Waals surface area contributed by atoms with Gasteiger partial charge in [0, 0.05) is 18.5 Å². The second kappa shape index (κ2) is 11.6. The molecule has 0 aromatic heterocycles. The molecule has 4 rings (SSSR count). The molecule has 2 aliphatic rings. The Balaban J connectivity index is 1.71. The third-order valence-corrected chi connectivity index (χ3v) is 7.04. The number of benzene rings is 2. The lowest BCUT2D eigenvalue weighted by Crippen LogP contribution is -2.33. The minimum atomic E-state index is -0.686. The fraction of sp³-hybridized carbons (Fsp3) is 0.400. The van der Waals surface area contributed by atoms with E-state index in [-0.39, 0.29) is 17.4 Å². The van der Waals surface area contributed by atoms with E-state index >= 15 is 0 Å². The third kappa shape index (κ3) is 5.57. The Hall–Kier alpha value is -3.58. The number of nitrogens with zero attached hydrogens (tertiary/aromatic N) is 2. The fourth-order valence-electron chi connectivity index (χ4n) is 5.09. The summed E-state index contributed by atoms with van der Waals surface area (Å²) in [7, 11) is 0. The van der Waals surface area contributed by atoms with Crippen LogP contribution in [0.2, 0.25) is 0 Å². The van der Waals surface area contributed by atoms with Crippen molar-refractivity contribution < 1.29 is 24.2 Å². The molecule has 0 radical (unpaired) electrons. The number of carbonyl (C=O) groups is 2. The van der Waals surface area contributed by atoms with Crippen molar-refractivity contribution in [3.63, 3.8) is 0 Å². The first-order valence-corrected chi connectivity index (χ1v) is 13.0. The van der Waals surface area contributed by atoms with E-state index in [9.17, 15) is 14.7 Å². The molecule has 7 nitrogen and oxygen atoms in total. The van der Waals surface area contributed by atoms with E-state index in [0.29, 0.717) is 24.5 Å². The zero-order valence-corrected chi connectivity index (χ0v) is 21.9. The van der Waals surface area contributed by atoms with Crippen molar-refractivity contribution in [3.8, 4) is 11.5 Å². The van der Waals surface area contributed by atoms with Gasteiger partial charge in [-0.15, -0.1) is 0 Å². The van der Waals surface area contributed by atoms with E-state index in [1.165, 1.54) is 0 Å². The van der Waals surface area contributed by atoms with Crippen molar-refractivity contribution in [3.05, 3.63) is 77.4 Å². The highest BCUT2D eigenvalue weighted by molar-refractivity contribution is 6.46. The Morgan fingerprint density at radius 1 is 1.19 bits per heavy atom. The zero-order chi connectivity index (χ0) is 26.5. The predicted octanol–water partition coefficient (Wildman–Crippen LogP) is 4.73. The average molecular weight is 505 g/mol. The van der Waals surface area contributed by atoms with Crippen molar-refractivity contribution in [1.82, 2.24) is 9.80 Å². The van der Waals surface area contributed by atoms with Crippen LogP contribution in [0.5, 0.6) is 11.5 Å². The highest BCUT2D eigenvalue weighted by Gasteiger charge is 2.46. The minimum Gasteiger partial charge on any atom is -0.507 e. The zero-order valence-electron chi connectivity index (χ0n) is 21.9. The van der Waals surface area contributed by atoms with Crippen molar-refractivity contribution in [2.24, 2.45) is 0 Å². The summed E-state index contributed by atoms with van der Waals surface area (Å²) in [4.78, 5) is 30.5. The molecule has 1 fully saturated rings. The molecular formula is C30H36N2O5. The molecule has 0 saturated carbocycles. The third-order valence-electron chi connectivity index (χ3n) is 7.04. The first-order chi connectivity index (χ1) is 17.9. The van der Waals surface area contributed by atoms with Crippen LogP contribution in [0.3, 0.4) is 0 Å². The molecule has 1 N–H and O–H groups in total. The number of amides is 1. The summed E-state index contributed by atoms with van der Waals surface area (Å²) in [6.07, 6.45) is 3.18. The van der Waals surface area contributed by atoms with Crippen LogP contribution in [0.1, 0.15) is 49.9 Å². The van der Waals surface area contributed by atoms with Gasteiger partial charge in [0.15, 0.2) is 0 Å². The number of ketones is 1. The van der Waals surface area contributed by atoms with Crippen LogP contribution in [-0.4, -0.2) is 65.5 Å². The van der Waals surface area contributed by atoms with Gasteiger partial charge < -0.3 is 24.4 Å². The number of fused-ring (bicyclic) bond motifs is 1. The van der Waals surface area contributed by atoms with Gasteiger partial charge in [0.05, 0.1) is 11.6 Å². The highest BCUT2D eigenvalue weighted by Crippen LogP contribution is 2.41. The minimum absolute atomic E-state index is 0.0607. The topological polar surface area (TPSA) is 79.3 Å². The van der Waals surface area contributed by atoms with Crippen LogP contribution in [0.25, 0.3) is 5.76 Å².